The van der Waals surface area contributed by atoms with Gasteiger partial charge in [0.15, 0.2) is 15.1 Å². The van der Waals surface area contributed by atoms with Gasteiger partial charge in [0, 0.05) is 51.6 Å². The Labute approximate surface area is 175 Å². The molecule has 0 aliphatic carbocycles. The topological polar surface area (TPSA) is 90.0 Å². The van der Waals surface area contributed by atoms with Crippen LogP contribution >= 0.6 is 23.2 Å². The number of hydrogen-bond donors (Lipinski definition) is 2. The lowest BCUT2D eigenvalue weighted by atomic mass is 10.1. The minimum absolute atomic E-state index is 0.0250. The third-order valence-corrected chi connectivity index (χ3v) is 7.26. The molecular formula is C18H25Cl2N3O4S. The van der Waals surface area contributed by atoms with Crippen LogP contribution in [-0.2, 0) is 14.6 Å². The number of piperazine rings is 1. The SMILES string of the molecule is CS(=O)(=O)C(C(=O)N1CCN[C@@H](CN2CC[C@H](O)C2)C1)c1ccc(Cl)c(Cl)c1. The normalized spacial score (nSPS) is 25.1. The van der Waals surface area contributed by atoms with Crippen molar-refractivity contribution in [1.82, 2.24) is 15.1 Å². The fourth-order valence-electron chi connectivity index (χ4n) is 3.85. The van der Waals surface area contributed by atoms with Crippen molar-refractivity contribution in [3.05, 3.63) is 33.8 Å². The molecule has 1 amide bonds. The summed E-state index contributed by atoms with van der Waals surface area (Å²) in [6.07, 6.45) is 1.51. The number of rotatable bonds is 5. The molecule has 2 aliphatic rings. The summed E-state index contributed by atoms with van der Waals surface area (Å²) in [7, 11) is -3.70. The van der Waals surface area contributed by atoms with Gasteiger partial charge in [-0.2, -0.15) is 0 Å². The lowest BCUT2D eigenvalue weighted by Gasteiger charge is -2.37. The highest BCUT2D eigenvalue weighted by Crippen LogP contribution is 2.30. The molecule has 2 aliphatic heterocycles. The first kappa shape index (κ1) is 21.8. The van der Waals surface area contributed by atoms with E-state index in [2.05, 4.69) is 10.2 Å². The maximum atomic E-state index is 13.2. The van der Waals surface area contributed by atoms with Crippen LogP contribution in [-0.4, -0.2) is 86.9 Å². The van der Waals surface area contributed by atoms with Gasteiger partial charge in [0.1, 0.15) is 0 Å². The minimum Gasteiger partial charge on any atom is -0.392 e. The summed E-state index contributed by atoms with van der Waals surface area (Å²) in [5.41, 5.74) is 0.319. The Morgan fingerprint density at radius 3 is 2.64 bits per heavy atom. The van der Waals surface area contributed by atoms with Crippen molar-refractivity contribution in [2.24, 2.45) is 0 Å². The molecule has 0 spiro atoms. The lowest BCUT2D eigenvalue weighted by molar-refractivity contribution is -0.132. The van der Waals surface area contributed by atoms with E-state index in [-0.39, 0.29) is 17.2 Å². The predicted octanol–water partition coefficient (Wildman–Crippen LogP) is 0.946. The number of likely N-dealkylation sites (tertiary alicyclic amines) is 1. The van der Waals surface area contributed by atoms with Crippen molar-refractivity contribution in [1.29, 1.82) is 0 Å². The fraction of sp³-hybridized carbons (Fsp3) is 0.611. The molecule has 7 nitrogen and oxygen atoms in total. The summed E-state index contributed by atoms with van der Waals surface area (Å²) in [6, 6.07) is 4.50. The molecule has 2 N–H and O–H groups in total. The number of sulfone groups is 1. The molecule has 0 aromatic heterocycles. The van der Waals surface area contributed by atoms with Crippen molar-refractivity contribution < 1.29 is 18.3 Å². The molecule has 0 radical (unpaired) electrons. The molecular weight excluding hydrogens is 425 g/mol. The predicted molar refractivity (Wildman–Crippen MR) is 109 cm³/mol. The first-order valence-electron chi connectivity index (χ1n) is 9.21. The number of β-amino-alcohol motifs (C(OH)–C–C–N with tert-alkyl or cyclic N) is 1. The van der Waals surface area contributed by atoms with Crippen molar-refractivity contribution in [3.63, 3.8) is 0 Å². The van der Waals surface area contributed by atoms with E-state index in [1.165, 1.54) is 18.2 Å². The van der Waals surface area contributed by atoms with Crippen LogP contribution in [0.4, 0.5) is 0 Å². The Hall–Kier alpha value is -0.900. The first-order chi connectivity index (χ1) is 13.1. The van der Waals surface area contributed by atoms with Crippen LogP contribution in [0.1, 0.15) is 17.2 Å². The molecule has 156 valence electrons. The van der Waals surface area contributed by atoms with E-state index in [4.69, 9.17) is 23.2 Å². The summed E-state index contributed by atoms with van der Waals surface area (Å²) in [5.74, 6) is -0.450. The van der Waals surface area contributed by atoms with Gasteiger partial charge < -0.3 is 15.3 Å². The third kappa shape index (κ3) is 5.17. The molecule has 3 rings (SSSR count). The Morgan fingerprint density at radius 1 is 1.29 bits per heavy atom. The highest BCUT2D eigenvalue weighted by Gasteiger charge is 2.37. The number of benzene rings is 1. The zero-order valence-corrected chi connectivity index (χ0v) is 18.0. The van der Waals surface area contributed by atoms with Gasteiger partial charge in [-0.05, 0) is 24.1 Å². The van der Waals surface area contributed by atoms with Gasteiger partial charge in [0.2, 0.25) is 5.91 Å². The van der Waals surface area contributed by atoms with E-state index in [9.17, 15) is 18.3 Å². The van der Waals surface area contributed by atoms with Gasteiger partial charge in [-0.3, -0.25) is 9.69 Å². The highest BCUT2D eigenvalue weighted by molar-refractivity contribution is 7.91. The van der Waals surface area contributed by atoms with Crippen LogP contribution < -0.4 is 5.32 Å². The number of halogens is 2. The van der Waals surface area contributed by atoms with E-state index in [0.717, 1.165) is 19.2 Å². The van der Waals surface area contributed by atoms with E-state index in [0.29, 0.717) is 43.3 Å². The number of carbonyl (C=O) groups is 1. The van der Waals surface area contributed by atoms with Crippen LogP contribution in [0, 0.1) is 0 Å². The van der Waals surface area contributed by atoms with Gasteiger partial charge in [0.05, 0.1) is 16.1 Å². The third-order valence-electron chi connectivity index (χ3n) is 5.19. The average molecular weight is 450 g/mol. The maximum absolute atomic E-state index is 13.2. The Kier molecular flexibility index (Phi) is 6.89. The number of carbonyl (C=O) groups excluding carboxylic acids is 1. The fourth-order valence-corrected chi connectivity index (χ4v) is 5.31. The van der Waals surface area contributed by atoms with Crippen LogP contribution in [0.2, 0.25) is 10.0 Å². The van der Waals surface area contributed by atoms with Crippen LogP contribution in [0.15, 0.2) is 18.2 Å². The van der Waals surface area contributed by atoms with Crippen LogP contribution in [0.3, 0.4) is 0 Å². The Bertz CT molecular complexity index is 836. The second-order valence-corrected chi connectivity index (χ2v) is 10.5. The molecule has 3 atom stereocenters. The van der Waals surface area contributed by atoms with Crippen LogP contribution in [0.25, 0.3) is 0 Å². The molecule has 0 bridgehead atoms. The standard InChI is InChI=1S/C18H25Cl2N3O4S/c1-28(26,27)17(12-2-3-15(19)16(20)8-12)18(25)23-7-5-21-13(10-23)9-22-6-4-14(24)11-22/h2-3,8,13-14,17,21,24H,4-7,9-11H2,1H3/t13-,14-,17?/m0/s1. The summed E-state index contributed by atoms with van der Waals surface area (Å²) in [5, 5.41) is 12.3. The zero-order valence-electron chi connectivity index (χ0n) is 15.6. The number of nitrogens with zero attached hydrogens (tertiary/aromatic N) is 2. The molecule has 1 aromatic rings. The molecule has 1 unspecified atom stereocenters. The van der Waals surface area contributed by atoms with E-state index in [1.807, 2.05) is 0 Å². The molecule has 28 heavy (non-hydrogen) atoms. The van der Waals surface area contributed by atoms with Crippen molar-refractivity contribution in [2.45, 2.75) is 23.8 Å². The molecule has 0 saturated carbocycles. The Morgan fingerprint density at radius 2 is 2.04 bits per heavy atom. The van der Waals surface area contributed by atoms with E-state index >= 15 is 0 Å². The van der Waals surface area contributed by atoms with Gasteiger partial charge in [-0.15, -0.1) is 0 Å². The largest absolute Gasteiger partial charge is 0.392 e. The van der Waals surface area contributed by atoms with E-state index in [1.54, 1.807) is 4.90 Å². The summed E-state index contributed by atoms with van der Waals surface area (Å²) in [6.45, 7) is 3.59. The number of nitrogens with one attached hydrogen (secondary N) is 1. The number of aliphatic hydroxyl groups is 1. The van der Waals surface area contributed by atoms with Crippen LogP contribution in [0.5, 0.6) is 0 Å². The van der Waals surface area contributed by atoms with Gasteiger partial charge in [-0.1, -0.05) is 29.3 Å². The second kappa shape index (κ2) is 8.85. The first-order valence-corrected chi connectivity index (χ1v) is 11.9. The van der Waals surface area contributed by atoms with E-state index < -0.39 is 21.0 Å². The minimum atomic E-state index is -3.70. The molecule has 2 heterocycles. The van der Waals surface area contributed by atoms with Gasteiger partial charge >= 0.3 is 0 Å². The second-order valence-electron chi connectivity index (χ2n) is 7.52. The monoisotopic (exact) mass is 449 g/mol. The van der Waals surface area contributed by atoms with Crippen molar-refractivity contribution in [2.75, 3.05) is 45.5 Å². The summed E-state index contributed by atoms with van der Waals surface area (Å²) >= 11 is 12.0. The van der Waals surface area contributed by atoms with Gasteiger partial charge in [0.25, 0.3) is 0 Å². The molecule has 2 fully saturated rings. The number of aliphatic hydroxyl groups excluding tert-OH is 1. The smallest absolute Gasteiger partial charge is 0.245 e. The van der Waals surface area contributed by atoms with Crippen molar-refractivity contribution in [3.8, 4) is 0 Å². The van der Waals surface area contributed by atoms with Gasteiger partial charge in [-0.25, -0.2) is 8.42 Å². The highest BCUT2D eigenvalue weighted by atomic mass is 35.5. The maximum Gasteiger partial charge on any atom is 0.245 e. The zero-order chi connectivity index (χ0) is 20.5. The average Bonchev–Trinajstić information content (AvgIpc) is 3.02. The Balaban J connectivity index is 1.75. The van der Waals surface area contributed by atoms with Crippen molar-refractivity contribution >= 4 is 38.9 Å². The quantitative estimate of drug-likeness (QED) is 0.695. The lowest BCUT2D eigenvalue weighted by Crippen LogP contribution is -2.57. The molecule has 2 saturated heterocycles. The summed E-state index contributed by atoms with van der Waals surface area (Å²) in [4.78, 5) is 16.9. The summed E-state index contributed by atoms with van der Waals surface area (Å²) < 4.78 is 24.9. The number of hydrogen-bond acceptors (Lipinski definition) is 6. The molecule has 10 heteroatoms. The molecule has 1 aromatic carbocycles. The number of amides is 1.